The fourth-order valence-electron chi connectivity index (χ4n) is 3.32. The minimum absolute atomic E-state index is 0.231. The summed E-state index contributed by atoms with van der Waals surface area (Å²) in [6, 6.07) is 14.9. The Morgan fingerprint density at radius 1 is 1.17 bits per heavy atom. The number of fused-ring (bicyclic) bond motifs is 1. The number of benzene rings is 2. The molecule has 4 rings (SSSR count). The van der Waals surface area contributed by atoms with E-state index >= 15 is 0 Å². The van der Waals surface area contributed by atoms with Gasteiger partial charge in [0, 0.05) is 49.6 Å². The maximum absolute atomic E-state index is 13.3. The molecule has 3 N–H and O–H groups in total. The van der Waals surface area contributed by atoms with Gasteiger partial charge in [-0.2, -0.15) is 5.10 Å². The lowest BCUT2D eigenvalue weighted by Crippen LogP contribution is -2.37. The zero-order chi connectivity index (χ0) is 20.1. The molecule has 2 heterocycles. The van der Waals surface area contributed by atoms with Crippen LogP contribution in [0.25, 0.3) is 16.6 Å². The van der Waals surface area contributed by atoms with E-state index in [1.807, 2.05) is 41.3 Å². The van der Waals surface area contributed by atoms with Gasteiger partial charge < -0.3 is 15.6 Å². The highest BCUT2D eigenvalue weighted by Crippen LogP contribution is 2.19. The molecule has 0 unspecified atom stereocenters. The Morgan fingerprint density at radius 3 is 2.93 bits per heavy atom. The average molecular weight is 390 g/mol. The predicted molar refractivity (Wildman–Crippen MR) is 114 cm³/mol. The van der Waals surface area contributed by atoms with Gasteiger partial charge in [0.05, 0.1) is 5.69 Å². The third-order valence-corrected chi connectivity index (χ3v) is 4.78. The quantitative estimate of drug-likeness (QED) is 0.349. The van der Waals surface area contributed by atoms with Crippen LogP contribution in [0.15, 0.2) is 72.1 Å². The Balaban J connectivity index is 1.31. The van der Waals surface area contributed by atoms with Gasteiger partial charge in [-0.15, -0.1) is 0 Å². The second kappa shape index (κ2) is 8.60. The number of H-pyrrole nitrogens is 1. The second-order valence-electron chi connectivity index (χ2n) is 6.73. The van der Waals surface area contributed by atoms with Crippen molar-refractivity contribution in [1.82, 2.24) is 25.4 Å². The number of nitrogens with zero attached hydrogens (tertiary/aromatic N) is 3. The summed E-state index contributed by atoms with van der Waals surface area (Å²) in [4.78, 5) is 7.41. The number of aromatic nitrogens is 3. The topological polar surface area (TPSA) is 70.0 Å². The molecule has 0 saturated heterocycles. The van der Waals surface area contributed by atoms with Crippen LogP contribution < -0.4 is 10.6 Å². The first kappa shape index (κ1) is 18.7. The van der Waals surface area contributed by atoms with Gasteiger partial charge in [-0.25, -0.2) is 9.07 Å². The minimum Gasteiger partial charge on any atom is -0.361 e. The molecule has 0 atom stereocenters. The number of rotatable bonds is 6. The molecule has 0 aliphatic carbocycles. The molecule has 148 valence electrons. The number of aromatic amines is 1. The smallest absolute Gasteiger partial charge is 0.191 e. The summed E-state index contributed by atoms with van der Waals surface area (Å²) in [5, 5.41) is 12.0. The Bertz CT molecular complexity index is 1110. The second-order valence-corrected chi connectivity index (χ2v) is 6.73. The zero-order valence-corrected chi connectivity index (χ0v) is 16.2. The molecule has 0 spiro atoms. The van der Waals surface area contributed by atoms with E-state index < -0.39 is 0 Å². The summed E-state index contributed by atoms with van der Waals surface area (Å²) in [5.74, 6) is 0.505. The molecular weight excluding hydrogens is 367 g/mol. The monoisotopic (exact) mass is 390 g/mol. The Kier molecular flexibility index (Phi) is 5.56. The summed E-state index contributed by atoms with van der Waals surface area (Å²) < 4.78 is 15.2. The van der Waals surface area contributed by atoms with Crippen molar-refractivity contribution in [2.75, 3.05) is 13.6 Å². The number of hydrogen-bond acceptors (Lipinski definition) is 2. The third-order valence-electron chi connectivity index (χ3n) is 4.78. The number of guanidine groups is 1. The molecule has 0 fully saturated rings. The highest BCUT2D eigenvalue weighted by atomic mass is 19.1. The van der Waals surface area contributed by atoms with Crippen molar-refractivity contribution >= 4 is 16.9 Å². The molecule has 4 aromatic rings. The van der Waals surface area contributed by atoms with Gasteiger partial charge in [0.2, 0.25) is 0 Å². The van der Waals surface area contributed by atoms with Crippen LogP contribution in [0.4, 0.5) is 4.39 Å². The van der Waals surface area contributed by atoms with Crippen LogP contribution in [-0.4, -0.2) is 34.3 Å². The van der Waals surface area contributed by atoms with Gasteiger partial charge in [0.25, 0.3) is 0 Å². The fourth-order valence-corrected chi connectivity index (χ4v) is 3.32. The summed E-state index contributed by atoms with van der Waals surface area (Å²) in [6.45, 7) is 1.37. The van der Waals surface area contributed by atoms with Crippen molar-refractivity contribution in [1.29, 1.82) is 0 Å². The molecule has 29 heavy (non-hydrogen) atoms. The number of aliphatic imine (C=N–C) groups is 1. The molecule has 0 aliphatic rings. The van der Waals surface area contributed by atoms with Crippen molar-refractivity contribution in [2.24, 2.45) is 4.99 Å². The third kappa shape index (κ3) is 4.45. The van der Waals surface area contributed by atoms with Crippen LogP contribution in [-0.2, 0) is 13.0 Å². The van der Waals surface area contributed by atoms with Gasteiger partial charge in [-0.05, 0) is 53.9 Å². The first-order valence-corrected chi connectivity index (χ1v) is 9.52. The van der Waals surface area contributed by atoms with Crippen LogP contribution in [0.3, 0.4) is 0 Å². The lowest BCUT2D eigenvalue weighted by Gasteiger charge is -2.12. The maximum Gasteiger partial charge on any atom is 0.191 e. The summed E-state index contributed by atoms with van der Waals surface area (Å²) in [6.07, 6.45) is 6.43. The summed E-state index contributed by atoms with van der Waals surface area (Å²) in [5.41, 5.74) is 4.13. The van der Waals surface area contributed by atoms with Gasteiger partial charge >= 0.3 is 0 Å². The van der Waals surface area contributed by atoms with Crippen LogP contribution in [0.5, 0.6) is 0 Å². The van der Waals surface area contributed by atoms with Crippen molar-refractivity contribution in [3.05, 3.63) is 84.1 Å². The van der Waals surface area contributed by atoms with Gasteiger partial charge in [0.1, 0.15) is 5.82 Å². The molecule has 2 aromatic carbocycles. The van der Waals surface area contributed by atoms with E-state index in [0.717, 1.165) is 46.6 Å². The first-order valence-electron chi connectivity index (χ1n) is 9.52. The molecule has 0 radical (unpaired) electrons. The van der Waals surface area contributed by atoms with Crippen molar-refractivity contribution in [3.8, 4) is 5.69 Å². The average Bonchev–Trinajstić information content (AvgIpc) is 3.41. The SMILES string of the molecule is CN=C(NCCc1c[nH]c2cc(F)ccc12)NCc1cccc(-n2cccn2)c1. The summed E-state index contributed by atoms with van der Waals surface area (Å²) >= 11 is 0. The molecule has 0 bridgehead atoms. The molecule has 2 aromatic heterocycles. The van der Waals surface area contributed by atoms with Crippen LogP contribution >= 0.6 is 0 Å². The van der Waals surface area contributed by atoms with Crippen LogP contribution in [0.1, 0.15) is 11.1 Å². The number of hydrogen-bond donors (Lipinski definition) is 3. The summed E-state index contributed by atoms with van der Waals surface area (Å²) in [7, 11) is 1.75. The zero-order valence-electron chi connectivity index (χ0n) is 16.2. The molecule has 0 aliphatic heterocycles. The molecule has 0 amide bonds. The fraction of sp³-hybridized carbons (Fsp3) is 0.182. The van der Waals surface area contributed by atoms with E-state index in [0.29, 0.717) is 6.54 Å². The van der Waals surface area contributed by atoms with E-state index in [1.165, 1.54) is 12.1 Å². The standard InChI is InChI=1S/C22H23FN6/c1-24-22(25-10-8-17-15-26-21-13-18(23)6-7-20(17)21)27-14-16-4-2-5-19(12-16)29-11-3-9-28-29/h2-7,9,11-13,15,26H,8,10,14H2,1H3,(H2,24,25,27). The van der Waals surface area contributed by atoms with E-state index in [1.54, 1.807) is 13.2 Å². The molecular formula is C22H23FN6. The van der Waals surface area contributed by atoms with Crippen LogP contribution in [0.2, 0.25) is 0 Å². The van der Waals surface area contributed by atoms with Crippen molar-refractivity contribution in [2.45, 2.75) is 13.0 Å². The van der Waals surface area contributed by atoms with Gasteiger partial charge in [0.15, 0.2) is 5.96 Å². The van der Waals surface area contributed by atoms with E-state index in [-0.39, 0.29) is 5.82 Å². The predicted octanol–water partition coefficient (Wildman–Crippen LogP) is 3.40. The van der Waals surface area contributed by atoms with Gasteiger partial charge in [-0.3, -0.25) is 4.99 Å². The molecule has 7 heteroatoms. The van der Waals surface area contributed by atoms with E-state index in [9.17, 15) is 4.39 Å². The highest BCUT2D eigenvalue weighted by molar-refractivity contribution is 5.83. The highest BCUT2D eigenvalue weighted by Gasteiger charge is 2.06. The van der Waals surface area contributed by atoms with Crippen LogP contribution in [0, 0.1) is 5.82 Å². The largest absolute Gasteiger partial charge is 0.361 e. The van der Waals surface area contributed by atoms with E-state index in [4.69, 9.17) is 0 Å². The lowest BCUT2D eigenvalue weighted by molar-refractivity contribution is 0.629. The Morgan fingerprint density at radius 2 is 2.10 bits per heavy atom. The molecule has 0 saturated carbocycles. The van der Waals surface area contributed by atoms with E-state index in [2.05, 4.69) is 37.8 Å². The van der Waals surface area contributed by atoms with Crippen molar-refractivity contribution in [3.63, 3.8) is 0 Å². The maximum atomic E-state index is 13.3. The first-order chi connectivity index (χ1) is 14.2. The number of nitrogens with one attached hydrogen (secondary N) is 3. The lowest BCUT2D eigenvalue weighted by atomic mass is 10.1. The molecule has 6 nitrogen and oxygen atoms in total. The Labute approximate surface area is 168 Å². The Hall–Kier alpha value is -3.61. The normalized spacial score (nSPS) is 11.7. The van der Waals surface area contributed by atoms with Gasteiger partial charge in [-0.1, -0.05) is 12.1 Å². The van der Waals surface area contributed by atoms with Crippen molar-refractivity contribution < 1.29 is 4.39 Å². The number of halogens is 1. The minimum atomic E-state index is -0.231.